The number of nitrogens with one attached hydrogen (secondary N) is 1. The lowest BCUT2D eigenvalue weighted by atomic mass is 10.1. The Morgan fingerprint density at radius 2 is 1.71 bits per heavy atom. The number of nitrogens with zero attached hydrogens (tertiary/aromatic N) is 2. The van der Waals surface area contributed by atoms with Crippen LogP contribution < -0.4 is 24.0 Å². The maximum atomic E-state index is 14.1. The van der Waals surface area contributed by atoms with Gasteiger partial charge in [-0.05, 0) is 67.8 Å². The average Bonchev–Trinajstić information content (AvgIpc) is 3.46. The third kappa shape index (κ3) is 5.55. The molecule has 0 aromatic heterocycles. The van der Waals surface area contributed by atoms with Gasteiger partial charge < -0.3 is 19.7 Å². The molecule has 10 heteroatoms. The lowest BCUT2D eigenvalue weighted by molar-refractivity contribution is -0.120. The summed E-state index contributed by atoms with van der Waals surface area (Å²) in [5.41, 5.74) is 2.08. The second-order valence-corrected chi connectivity index (χ2v) is 11.2. The lowest BCUT2D eigenvalue weighted by Gasteiger charge is -2.26. The Balaban J connectivity index is 1.36. The Bertz CT molecular complexity index is 1410. The van der Waals surface area contributed by atoms with Crippen LogP contribution in [0, 0.1) is 5.82 Å². The molecule has 8 nitrogen and oxygen atoms in total. The van der Waals surface area contributed by atoms with Crippen molar-refractivity contribution in [3.8, 4) is 11.5 Å². The largest absolute Gasteiger partial charge is 0.486 e. The summed E-state index contributed by atoms with van der Waals surface area (Å²) in [5.74, 6) is -0.398. The fraction of sp³-hybridized carbons (Fsp3) is 0.321. The van der Waals surface area contributed by atoms with Crippen LogP contribution in [0.5, 0.6) is 11.5 Å². The molecule has 0 aliphatic carbocycles. The molecule has 2 aliphatic heterocycles. The minimum atomic E-state index is -4.25. The van der Waals surface area contributed by atoms with E-state index in [9.17, 15) is 17.6 Å². The summed E-state index contributed by atoms with van der Waals surface area (Å²) in [6, 6.07) is 17.1. The molecule has 5 rings (SSSR count). The first-order valence-electron chi connectivity index (χ1n) is 12.6. The van der Waals surface area contributed by atoms with Gasteiger partial charge in [0, 0.05) is 24.8 Å². The summed E-state index contributed by atoms with van der Waals surface area (Å²) in [7, 11) is -4.25. The summed E-state index contributed by atoms with van der Waals surface area (Å²) in [4.78, 5) is 15.4. The van der Waals surface area contributed by atoms with Crippen LogP contribution in [0.1, 0.15) is 31.4 Å². The van der Waals surface area contributed by atoms with E-state index in [0.717, 1.165) is 34.7 Å². The van der Waals surface area contributed by atoms with Crippen LogP contribution in [0.25, 0.3) is 0 Å². The number of carbonyl (C=O) groups is 1. The second kappa shape index (κ2) is 10.9. The van der Waals surface area contributed by atoms with Gasteiger partial charge in [0.25, 0.3) is 10.0 Å². The van der Waals surface area contributed by atoms with Gasteiger partial charge in [0.05, 0.1) is 16.6 Å². The van der Waals surface area contributed by atoms with E-state index in [1.165, 1.54) is 49.2 Å². The van der Waals surface area contributed by atoms with E-state index >= 15 is 0 Å². The third-order valence-electron chi connectivity index (χ3n) is 6.73. The Labute approximate surface area is 222 Å². The normalized spacial score (nSPS) is 15.7. The van der Waals surface area contributed by atoms with Crippen molar-refractivity contribution in [2.75, 3.05) is 42.1 Å². The first kappa shape index (κ1) is 25.8. The average molecular weight is 540 g/mol. The molecular formula is C28H30FN3O5S. The molecule has 0 radical (unpaired) electrons. The Kier molecular flexibility index (Phi) is 7.42. The quantitative estimate of drug-likeness (QED) is 0.460. The highest BCUT2D eigenvalue weighted by Gasteiger charge is 2.29. The topological polar surface area (TPSA) is 88.2 Å². The van der Waals surface area contributed by atoms with Gasteiger partial charge in [0.1, 0.15) is 25.6 Å². The van der Waals surface area contributed by atoms with Gasteiger partial charge in [-0.15, -0.1) is 0 Å². The van der Waals surface area contributed by atoms with Crippen LogP contribution >= 0.6 is 0 Å². The van der Waals surface area contributed by atoms with E-state index < -0.39 is 28.3 Å². The maximum absolute atomic E-state index is 14.1. The van der Waals surface area contributed by atoms with Gasteiger partial charge in [-0.1, -0.05) is 18.2 Å². The molecule has 0 spiro atoms. The van der Waals surface area contributed by atoms with Crippen molar-refractivity contribution in [3.05, 3.63) is 78.1 Å². The highest BCUT2D eigenvalue weighted by atomic mass is 32.2. The third-order valence-corrected chi connectivity index (χ3v) is 8.50. The molecule has 3 aromatic carbocycles. The molecule has 1 fully saturated rings. The summed E-state index contributed by atoms with van der Waals surface area (Å²) in [6.45, 7) is 4.05. The van der Waals surface area contributed by atoms with Crippen LogP contribution in [0.3, 0.4) is 0 Å². The number of halogens is 1. The Morgan fingerprint density at radius 3 is 2.42 bits per heavy atom. The molecule has 2 aliphatic rings. The van der Waals surface area contributed by atoms with Gasteiger partial charge in [0.15, 0.2) is 11.5 Å². The smallest absolute Gasteiger partial charge is 0.264 e. The number of carbonyl (C=O) groups excluding carboxylic acids is 1. The number of hydrogen-bond donors (Lipinski definition) is 1. The molecule has 1 atom stereocenters. The molecule has 200 valence electrons. The number of rotatable bonds is 8. The predicted octanol–water partition coefficient (Wildman–Crippen LogP) is 4.27. The highest BCUT2D eigenvalue weighted by molar-refractivity contribution is 7.92. The van der Waals surface area contributed by atoms with Crippen molar-refractivity contribution in [1.82, 2.24) is 5.32 Å². The molecule has 1 saturated heterocycles. The minimum Gasteiger partial charge on any atom is -0.486 e. The summed E-state index contributed by atoms with van der Waals surface area (Å²) < 4.78 is 53.4. The van der Waals surface area contributed by atoms with Crippen molar-refractivity contribution >= 4 is 27.3 Å². The van der Waals surface area contributed by atoms with E-state index in [-0.39, 0.29) is 16.6 Å². The van der Waals surface area contributed by atoms with E-state index in [2.05, 4.69) is 10.2 Å². The number of anilines is 2. The fourth-order valence-corrected chi connectivity index (χ4v) is 6.14. The zero-order valence-corrected chi connectivity index (χ0v) is 21.9. The van der Waals surface area contributed by atoms with Crippen molar-refractivity contribution in [2.24, 2.45) is 0 Å². The maximum Gasteiger partial charge on any atom is 0.264 e. The zero-order chi connectivity index (χ0) is 26.7. The first-order valence-corrected chi connectivity index (χ1v) is 14.1. The highest BCUT2D eigenvalue weighted by Crippen LogP contribution is 2.34. The van der Waals surface area contributed by atoms with Crippen LogP contribution in [-0.4, -0.2) is 47.2 Å². The predicted molar refractivity (Wildman–Crippen MR) is 143 cm³/mol. The number of amides is 1. The molecule has 3 aromatic rings. The number of hydrogen-bond acceptors (Lipinski definition) is 6. The lowest BCUT2D eigenvalue weighted by Crippen LogP contribution is -2.41. The van der Waals surface area contributed by atoms with Gasteiger partial charge in [0.2, 0.25) is 5.91 Å². The summed E-state index contributed by atoms with van der Waals surface area (Å²) in [6.07, 6.45) is 2.37. The molecular weight excluding hydrogens is 509 g/mol. The summed E-state index contributed by atoms with van der Waals surface area (Å²) >= 11 is 0. The standard InChI is InChI=1S/C28H30FN3O5S/c1-20(21-7-9-23(10-8-21)31-13-2-3-14-31)30-28(33)19-32(24-6-4-5-22(29)17-24)38(34,35)25-11-12-26-27(18-25)37-16-15-36-26/h4-12,17-18,20H,2-3,13-16,19H2,1H3,(H,30,33). The molecule has 1 amide bonds. The molecule has 0 saturated carbocycles. The zero-order valence-electron chi connectivity index (χ0n) is 21.1. The van der Waals surface area contributed by atoms with Gasteiger partial charge in [-0.2, -0.15) is 0 Å². The van der Waals surface area contributed by atoms with Crippen molar-refractivity contribution in [2.45, 2.75) is 30.7 Å². The van der Waals surface area contributed by atoms with Crippen molar-refractivity contribution in [3.63, 3.8) is 0 Å². The van der Waals surface area contributed by atoms with E-state index in [0.29, 0.717) is 24.7 Å². The SMILES string of the molecule is CC(NC(=O)CN(c1cccc(F)c1)S(=O)(=O)c1ccc2c(c1)OCCO2)c1ccc(N2CCCC2)cc1. The van der Waals surface area contributed by atoms with Crippen LogP contribution in [-0.2, 0) is 14.8 Å². The Hall–Kier alpha value is -3.79. The van der Waals surface area contributed by atoms with Crippen LogP contribution in [0.2, 0.25) is 0 Å². The van der Waals surface area contributed by atoms with E-state index in [1.807, 2.05) is 31.2 Å². The van der Waals surface area contributed by atoms with Gasteiger partial charge in [-0.3, -0.25) is 9.10 Å². The fourth-order valence-electron chi connectivity index (χ4n) is 4.71. The number of ether oxygens (including phenoxy) is 2. The van der Waals surface area contributed by atoms with Gasteiger partial charge in [-0.25, -0.2) is 12.8 Å². The number of fused-ring (bicyclic) bond motifs is 1. The van der Waals surface area contributed by atoms with Crippen LogP contribution in [0.4, 0.5) is 15.8 Å². The monoisotopic (exact) mass is 539 g/mol. The van der Waals surface area contributed by atoms with Crippen LogP contribution in [0.15, 0.2) is 71.6 Å². The summed E-state index contributed by atoms with van der Waals surface area (Å²) in [5, 5.41) is 2.88. The second-order valence-electron chi connectivity index (χ2n) is 9.37. The first-order chi connectivity index (χ1) is 18.3. The van der Waals surface area contributed by atoms with E-state index in [4.69, 9.17) is 9.47 Å². The van der Waals surface area contributed by atoms with Crippen molar-refractivity contribution in [1.29, 1.82) is 0 Å². The van der Waals surface area contributed by atoms with Crippen molar-refractivity contribution < 1.29 is 27.1 Å². The molecule has 0 bridgehead atoms. The molecule has 1 unspecified atom stereocenters. The Morgan fingerprint density at radius 1 is 1.00 bits per heavy atom. The molecule has 2 heterocycles. The molecule has 38 heavy (non-hydrogen) atoms. The number of sulfonamides is 1. The number of benzene rings is 3. The minimum absolute atomic E-state index is 0.0395. The van der Waals surface area contributed by atoms with E-state index in [1.54, 1.807) is 0 Å². The van der Waals surface area contributed by atoms with Gasteiger partial charge >= 0.3 is 0 Å². The molecule has 1 N–H and O–H groups in total.